The second-order valence-corrected chi connectivity index (χ2v) is 6.47. The van der Waals surface area contributed by atoms with Crippen LogP contribution in [0.1, 0.15) is 33.3 Å². The van der Waals surface area contributed by atoms with Gasteiger partial charge in [0.1, 0.15) is 5.75 Å². The molecule has 0 saturated carbocycles. The Morgan fingerprint density at radius 1 is 1.28 bits per heavy atom. The van der Waals surface area contributed by atoms with Gasteiger partial charge in [-0.25, -0.2) is 0 Å². The van der Waals surface area contributed by atoms with Crippen LogP contribution in [-0.4, -0.2) is 17.2 Å². The normalized spacial score (nSPS) is 13.2. The predicted molar refractivity (Wildman–Crippen MR) is 78.5 cm³/mol. The second kappa shape index (κ2) is 6.37. The predicted octanol–water partition coefficient (Wildman–Crippen LogP) is 4.01. The maximum absolute atomic E-state index is 12.1. The number of ketones is 1. The zero-order valence-corrected chi connectivity index (χ0v) is 13.1. The minimum absolute atomic E-state index is 0.129. The number of carbonyl (C=O) groups is 1. The largest absolute Gasteiger partial charge is 0.494 e. The van der Waals surface area contributed by atoms with E-state index < -0.39 is 0 Å². The first-order valence-corrected chi connectivity index (χ1v) is 7.16. The number of hydrogen-bond donors (Lipinski definition) is 0. The van der Waals surface area contributed by atoms with Crippen molar-refractivity contribution in [2.75, 3.05) is 6.61 Å². The van der Waals surface area contributed by atoms with Crippen molar-refractivity contribution in [3.05, 3.63) is 29.8 Å². The highest BCUT2D eigenvalue weighted by Gasteiger charge is 2.27. The molecule has 0 aliphatic heterocycles. The fourth-order valence-corrected chi connectivity index (χ4v) is 2.72. The standard InChI is InChI=1S/C15H21BrO2/c1-5-18-12-8-6-11(7-9-12)10-13(16)14(17)15(2,3)4/h6-9,13H,5,10H2,1-4H3. The van der Waals surface area contributed by atoms with E-state index in [0.29, 0.717) is 13.0 Å². The molecule has 0 bridgehead atoms. The molecule has 0 aliphatic carbocycles. The van der Waals surface area contributed by atoms with E-state index in [0.717, 1.165) is 11.3 Å². The van der Waals surface area contributed by atoms with Crippen molar-refractivity contribution in [1.29, 1.82) is 0 Å². The highest BCUT2D eigenvalue weighted by molar-refractivity contribution is 9.10. The molecule has 2 nitrogen and oxygen atoms in total. The zero-order valence-electron chi connectivity index (χ0n) is 11.5. The summed E-state index contributed by atoms with van der Waals surface area (Å²) >= 11 is 3.48. The number of hydrogen-bond acceptors (Lipinski definition) is 2. The molecule has 0 heterocycles. The Morgan fingerprint density at radius 2 is 1.83 bits per heavy atom. The Hall–Kier alpha value is -0.830. The van der Waals surface area contributed by atoms with Crippen LogP contribution in [0, 0.1) is 5.41 Å². The molecule has 0 aromatic heterocycles. The Morgan fingerprint density at radius 3 is 2.28 bits per heavy atom. The van der Waals surface area contributed by atoms with Gasteiger partial charge in [-0.05, 0) is 31.0 Å². The van der Waals surface area contributed by atoms with Crippen molar-refractivity contribution in [3.8, 4) is 5.75 Å². The number of halogens is 1. The average Bonchev–Trinajstić information content (AvgIpc) is 2.30. The number of carbonyl (C=O) groups excluding carboxylic acids is 1. The molecule has 1 aromatic carbocycles. The molecular formula is C15H21BrO2. The van der Waals surface area contributed by atoms with E-state index in [9.17, 15) is 4.79 Å². The SMILES string of the molecule is CCOc1ccc(CC(Br)C(=O)C(C)(C)C)cc1. The van der Waals surface area contributed by atoms with E-state index >= 15 is 0 Å². The Kier molecular flexibility index (Phi) is 5.39. The highest BCUT2D eigenvalue weighted by atomic mass is 79.9. The molecular weight excluding hydrogens is 292 g/mol. The van der Waals surface area contributed by atoms with Crippen molar-refractivity contribution >= 4 is 21.7 Å². The fraction of sp³-hybridized carbons (Fsp3) is 0.533. The summed E-state index contributed by atoms with van der Waals surface area (Å²) in [6, 6.07) is 7.91. The van der Waals surface area contributed by atoms with Crippen molar-refractivity contribution in [1.82, 2.24) is 0 Å². The van der Waals surface area contributed by atoms with Gasteiger partial charge in [-0.1, -0.05) is 48.8 Å². The molecule has 18 heavy (non-hydrogen) atoms. The first-order valence-electron chi connectivity index (χ1n) is 6.24. The molecule has 1 unspecified atom stereocenters. The quantitative estimate of drug-likeness (QED) is 0.768. The zero-order chi connectivity index (χ0) is 13.8. The third-order valence-electron chi connectivity index (χ3n) is 2.67. The summed E-state index contributed by atoms with van der Waals surface area (Å²) < 4.78 is 5.39. The summed E-state index contributed by atoms with van der Waals surface area (Å²) in [7, 11) is 0. The first-order chi connectivity index (χ1) is 8.34. The van der Waals surface area contributed by atoms with Crippen LogP contribution in [0.4, 0.5) is 0 Å². The summed E-state index contributed by atoms with van der Waals surface area (Å²) in [5.74, 6) is 1.10. The number of alkyl halides is 1. The summed E-state index contributed by atoms with van der Waals surface area (Å²) in [6.45, 7) is 8.47. The monoisotopic (exact) mass is 312 g/mol. The molecule has 1 atom stereocenters. The number of rotatable bonds is 5. The molecule has 0 N–H and O–H groups in total. The lowest BCUT2D eigenvalue weighted by atomic mass is 9.87. The Balaban J connectivity index is 2.65. The smallest absolute Gasteiger partial charge is 0.152 e. The maximum atomic E-state index is 12.1. The van der Waals surface area contributed by atoms with Crippen LogP contribution in [0.2, 0.25) is 0 Å². The van der Waals surface area contributed by atoms with Crippen molar-refractivity contribution in [3.63, 3.8) is 0 Å². The molecule has 3 heteroatoms. The highest BCUT2D eigenvalue weighted by Crippen LogP contribution is 2.24. The van der Waals surface area contributed by atoms with Gasteiger partial charge in [0.25, 0.3) is 0 Å². The Labute approximate surface area is 118 Å². The number of Topliss-reactive ketones (excluding diaryl/α,β-unsaturated/α-hetero) is 1. The molecule has 0 saturated heterocycles. The van der Waals surface area contributed by atoms with Gasteiger partial charge in [0.2, 0.25) is 0 Å². The molecule has 0 spiro atoms. The van der Waals surface area contributed by atoms with E-state index in [1.165, 1.54) is 0 Å². The third kappa shape index (κ3) is 4.45. The summed E-state index contributed by atoms with van der Waals surface area (Å²) in [5.41, 5.74) is 0.831. The minimum Gasteiger partial charge on any atom is -0.494 e. The van der Waals surface area contributed by atoms with E-state index in [4.69, 9.17) is 4.74 Å². The van der Waals surface area contributed by atoms with Crippen molar-refractivity contribution in [2.24, 2.45) is 5.41 Å². The summed E-state index contributed by atoms with van der Waals surface area (Å²) in [6.07, 6.45) is 0.711. The molecule has 0 radical (unpaired) electrons. The molecule has 0 aliphatic rings. The van der Waals surface area contributed by atoms with Gasteiger partial charge in [0.15, 0.2) is 5.78 Å². The van der Waals surface area contributed by atoms with E-state index in [-0.39, 0.29) is 16.0 Å². The minimum atomic E-state index is -0.306. The van der Waals surface area contributed by atoms with Gasteiger partial charge in [-0.15, -0.1) is 0 Å². The van der Waals surface area contributed by atoms with Gasteiger partial charge in [0, 0.05) is 5.41 Å². The van der Waals surface area contributed by atoms with Crippen LogP contribution in [0.3, 0.4) is 0 Å². The van der Waals surface area contributed by atoms with Crippen molar-refractivity contribution < 1.29 is 9.53 Å². The van der Waals surface area contributed by atoms with Gasteiger partial charge in [-0.3, -0.25) is 4.79 Å². The van der Waals surface area contributed by atoms with Gasteiger partial charge < -0.3 is 4.74 Å². The average molecular weight is 313 g/mol. The van der Waals surface area contributed by atoms with E-state index in [1.54, 1.807) is 0 Å². The second-order valence-electron chi connectivity index (χ2n) is 5.36. The van der Waals surface area contributed by atoms with Crippen LogP contribution in [0.25, 0.3) is 0 Å². The molecule has 1 aromatic rings. The molecule has 1 rings (SSSR count). The van der Waals surface area contributed by atoms with Crippen LogP contribution < -0.4 is 4.74 Å². The molecule has 0 amide bonds. The molecule has 0 fully saturated rings. The van der Waals surface area contributed by atoms with Crippen LogP contribution in [-0.2, 0) is 11.2 Å². The lowest BCUT2D eigenvalue weighted by molar-refractivity contribution is -0.125. The number of benzene rings is 1. The van der Waals surface area contributed by atoms with Crippen molar-refractivity contribution in [2.45, 2.75) is 38.9 Å². The van der Waals surface area contributed by atoms with Gasteiger partial charge in [0.05, 0.1) is 11.4 Å². The fourth-order valence-electron chi connectivity index (χ4n) is 1.66. The van der Waals surface area contributed by atoms with E-state index in [2.05, 4.69) is 15.9 Å². The van der Waals surface area contributed by atoms with Crippen LogP contribution in [0.5, 0.6) is 5.75 Å². The Bertz CT molecular complexity index is 390. The first kappa shape index (κ1) is 15.2. The van der Waals surface area contributed by atoms with Crippen LogP contribution in [0.15, 0.2) is 24.3 Å². The summed E-state index contributed by atoms with van der Waals surface area (Å²) in [4.78, 5) is 11.9. The van der Waals surface area contributed by atoms with E-state index in [1.807, 2.05) is 52.0 Å². The van der Waals surface area contributed by atoms with Crippen LogP contribution >= 0.6 is 15.9 Å². The summed E-state index contributed by atoms with van der Waals surface area (Å²) in [5, 5.41) is 0. The lowest BCUT2D eigenvalue weighted by Crippen LogP contribution is -2.29. The number of ether oxygens (including phenoxy) is 1. The topological polar surface area (TPSA) is 26.3 Å². The molecule has 100 valence electrons. The van der Waals surface area contributed by atoms with Gasteiger partial charge >= 0.3 is 0 Å². The van der Waals surface area contributed by atoms with Gasteiger partial charge in [-0.2, -0.15) is 0 Å². The third-order valence-corrected chi connectivity index (χ3v) is 3.41. The lowest BCUT2D eigenvalue weighted by Gasteiger charge is -2.20. The maximum Gasteiger partial charge on any atom is 0.152 e.